The minimum absolute atomic E-state index is 0.383. The third-order valence-corrected chi connectivity index (χ3v) is 3.33. The first kappa shape index (κ1) is 14.9. The number of rotatable bonds is 4. The van der Waals surface area contributed by atoms with Crippen LogP contribution < -0.4 is 26.3 Å². The van der Waals surface area contributed by atoms with Crippen molar-refractivity contribution in [2.75, 3.05) is 7.11 Å². The molecule has 0 saturated heterocycles. The van der Waals surface area contributed by atoms with Crippen LogP contribution in [0.15, 0.2) is 60.7 Å². The minimum atomic E-state index is -1.00. The second-order valence-corrected chi connectivity index (χ2v) is 4.99. The third kappa shape index (κ3) is 3.24. The molecule has 1 unspecified atom stereocenters. The van der Waals surface area contributed by atoms with Crippen LogP contribution in [0, 0.1) is 0 Å². The molecule has 2 heterocycles. The molecule has 3 rings (SSSR count). The van der Waals surface area contributed by atoms with Gasteiger partial charge in [-0.3, -0.25) is 0 Å². The Morgan fingerprint density at radius 3 is 2.57 bits per heavy atom. The van der Waals surface area contributed by atoms with Crippen molar-refractivity contribution < 1.29 is 9.47 Å². The predicted molar refractivity (Wildman–Crippen MR) is 85.5 cm³/mol. The van der Waals surface area contributed by atoms with Crippen LogP contribution in [0.2, 0.25) is 0 Å². The lowest BCUT2D eigenvalue weighted by atomic mass is 10.0. The fourth-order valence-electron chi connectivity index (χ4n) is 2.16. The number of dihydropyridines is 1. The molecule has 23 heavy (non-hydrogen) atoms. The van der Waals surface area contributed by atoms with Gasteiger partial charge in [-0.05, 0) is 36.4 Å². The molecule has 0 aliphatic carbocycles. The van der Waals surface area contributed by atoms with Crippen LogP contribution in [0.3, 0.4) is 0 Å². The molecule has 1 aliphatic heterocycles. The van der Waals surface area contributed by atoms with Gasteiger partial charge in [0.1, 0.15) is 17.8 Å². The van der Waals surface area contributed by atoms with Crippen molar-refractivity contribution in [1.82, 2.24) is 15.3 Å². The topological polar surface area (TPSA) is 108 Å². The minimum Gasteiger partial charge on any atom is -0.497 e. The zero-order valence-corrected chi connectivity index (χ0v) is 12.6. The van der Waals surface area contributed by atoms with Gasteiger partial charge in [-0.1, -0.05) is 6.08 Å². The monoisotopic (exact) mass is 311 g/mol. The van der Waals surface area contributed by atoms with E-state index >= 15 is 0 Å². The fraction of sp³-hybridized carbons (Fsp3) is 0.125. The highest BCUT2D eigenvalue weighted by Gasteiger charge is 2.28. The fourth-order valence-corrected chi connectivity index (χ4v) is 2.16. The van der Waals surface area contributed by atoms with Gasteiger partial charge in [0.05, 0.1) is 18.6 Å². The van der Waals surface area contributed by atoms with Crippen LogP contribution in [0.1, 0.15) is 5.69 Å². The van der Waals surface area contributed by atoms with Gasteiger partial charge in [0.15, 0.2) is 5.66 Å². The molecule has 1 aromatic carbocycles. The molecular weight excluding hydrogens is 294 g/mol. The average molecular weight is 311 g/mol. The lowest BCUT2D eigenvalue weighted by Gasteiger charge is -2.30. The van der Waals surface area contributed by atoms with E-state index in [0.717, 1.165) is 5.75 Å². The van der Waals surface area contributed by atoms with Crippen molar-refractivity contribution in [3.8, 4) is 17.4 Å². The molecule has 0 saturated carbocycles. The molecule has 0 radical (unpaired) electrons. The number of nitrogens with two attached hydrogens (primary N) is 2. The molecule has 118 valence electrons. The van der Waals surface area contributed by atoms with Gasteiger partial charge < -0.3 is 26.3 Å². The molecule has 1 aliphatic rings. The predicted octanol–water partition coefficient (Wildman–Crippen LogP) is 1.35. The normalized spacial score (nSPS) is 19.7. The van der Waals surface area contributed by atoms with Gasteiger partial charge >= 0.3 is 0 Å². The lowest BCUT2D eigenvalue weighted by molar-refractivity contribution is 0.411. The maximum Gasteiger partial charge on any atom is 0.222 e. The summed E-state index contributed by atoms with van der Waals surface area (Å²) in [6.45, 7) is 0. The van der Waals surface area contributed by atoms with Crippen LogP contribution in [0.5, 0.6) is 17.4 Å². The van der Waals surface area contributed by atoms with Crippen LogP contribution >= 0.6 is 0 Å². The quantitative estimate of drug-likeness (QED) is 0.782. The van der Waals surface area contributed by atoms with E-state index in [1.54, 1.807) is 55.7 Å². The highest BCUT2D eigenvalue weighted by molar-refractivity contribution is 5.36. The number of hydrogen-bond acceptors (Lipinski definition) is 7. The molecule has 1 atom stereocenters. The highest BCUT2D eigenvalue weighted by Crippen LogP contribution is 2.25. The maximum atomic E-state index is 6.29. The van der Waals surface area contributed by atoms with Gasteiger partial charge in [-0.2, -0.15) is 0 Å². The van der Waals surface area contributed by atoms with Gasteiger partial charge in [0.25, 0.3) is 0 Å². The summed E-state index contributed by atoms with van der Waals surface area (Å²) in [5.41, 5.74) is 11.6. The SMILES string of the molecule is COc1ccc(Oc2cc(C3(N)C=CC=C(N)N3)ncn2)cc1. The molecule has 0 bridgehead atoms. The Morgan fingerprint density at radius 1 is 1.13 bits per heavy atom. The van der Waals surface area contributed by atoms with Gasteiger partial charge in [-0.15, -0.1) is 0 Å². The molecule has 0 fully saturated rings. The zero-order chi connectivity index (χ0) is 16.3. The summed E-state index contributed by atoms with van der Waals surface area (Å²) < 4.78 is 10.8. The number of methoxy groups -OCH3 is 1. The number of allylic oxidation sites excluding steroid dienone is 2. The van der Waals surface area contributed by atoms with Gasteiger partial charge in [-0.25, -0.2) is 9.97 Å². The Morgan fingerprint density at radius 2 is 1.87 bits per heavy atom. The Balaban J connectivity index is 1.82. The van der Waals surface area contributed by atoms with E-state index in [2.05, 4.69) is 15.3 Å². The van der Waals surface area contributed by atoms with E-state index in [9.17, 15) is 0 Å². The van der Waals surface area contributed by atoms with E-state index in [1.165, 1.54) is 6.33 Å². The van der Waals surface area contributed by atoms with Crippen LogP contribution in [0.4, 0.5) is 0 Å². The van der Waals surface area contributed by atoms with E-state index in [-0.39, 0.29) is 0 Å². The number of ether oxygens (including phenoxy) is 2. The van der Waals surface area contributed by atoms with Gasteiger partial charge in [0.2, 0.25) is 5.88 Å². The summed E-state index contributed by atoms with van der Waals surface area (Å²) in [5.74, 6) is 2.23. The third-order valence-electron chi connectivity index (χ3n) is 3.33. The van der Waals surface area contributed by atoms with Crippen molar-refractivity contribution in [3.63, 3.8) is 0 Å². The van der Waals surface area contributed by atoms with Crippen molar-refractivity contribution in [1.29, 1.82) is 0 Å². The number of aromatic nitrogens is 2. The zero-order valence-electron chi connectivity index (χ0n) is 12.6. The van der Waals surface area contributed by atoms with Crippen molar-refractivity contribution in [3.05, 3.63) is 66.4 Å². The number of hydrogen-bond donors (Lipinski definition) is 3. The maximum absolute atomic E-state index is 6.29. The summed E-state index contributed by atoms with van der Waals surface area (Å²) >= 11 is 0. The summed E-state index contributed by atoms with van der Waals surface area (Å²) in [5, 5.41) is 2.98. The first-order chi connectivity index (χ1) is 11.1. The largest absolute Gasteiger partial charge is 0.497 e. The van der Waals surface area contributed by atoms with E-state index < -0.39 is 5.66 Å². The summed E-state index contributed by atoms with van der Waals surface area (Å²) in [4.78, 5) is 8.31. The van der Waals surface area contributed by atoms with Crippen LogP contribution in [0.25, 0.3) is 0 Å². The first-order valence-electron chi connectivity index (χ1n) is 6.95. The molecule has 5 N–H and O–H groups in total. The Hall–Kier alpha value is -3.06. The molecule has 2 aromatic rings. The standard InChI is InChI=1S/C16H17N5O2/c1-22-11-4-6-12(7-5-11)23-15-9-13(19-10-20-15)16(18)8-2-3-14(17)21-16/h2-10,21H,17-18H2,1H3. The molecule has 7 nitrogen and oxygen atoms in total. The van der Waals surface area contributed by atoms with Crippen molar-refractivity contribution in [2.45, 2.75) is 5.66 Å². The highest BCUT2D eigenvalue weighted by atomic mass is 16.5. The average Bonchev–Trinajstić information content (AvgIpc) is 2.56. The summed E-state index contributed by atoms with van der Waals surface area (Å²) in [6.07, 6.45) is 6.66. The molecule has 1 aromatic heterocycles. The molecule has 0 spiro atoms. The van der Waals surface area contributed by atoms with Crippen LogP contribution in [-0.2, 0) is 5.66 Å². The van der Waals surface area contributed by atoms with E-state index in [4.69, 9.17) is 20.9 Å². The van der Waals surface area contributed by atoms with Crippen molar-refractivity contribution >= 4 is 0 Å². The van der Waals surface area contributed by atoms with Gasteiger partial charge in [0, 0.05) is 6.07 Å². The second kappa shape index (κ2) is 5.98. The Bertz CT molecular complexity index is 757. The molecular formula is C16H17N5O2. The lowest BCUT2D eigenvalue weighted by Crippen LogP contribution is -2.51. The number of nitrogens with zero attached hydrogens (tertiary/aromatic N) is 2. The summed E-state index contributed by atoms with van der Waals surface area (Å²) in [7, 11) is 1.61. The number of nitrogens with one attached hydrogen (secondary N) is 1. The Labute approximate surface area is 133 Å². The smallest absolute Gasteiger partial charge is 0.222 e. The second-order valence-electron chi connectivity index (χ2n) is 4.99. The van der Waals surface area contributed by atoms with Crippen LogP contribution in [-0.4, -0.2) is 17.1 Å². The van der Waals surface area contributed by atoms with E-state index in [0.29, 0.717) is 23.1 Å². The van der Waals surface area contributed by atoms with Crippen molar-refractivity contribution in [2.24, 2.45) is 11.5 Å². The number of benzene rings is 1. The molecule has 0 amide bonds. The Kier molecular flexibility index (Phi) is 3.86. The first-order valence-corrected chi connectivity index (χ1v) is 6.95. The molecule has 7 heteroatoms. The van der Waals surface area contributed by atoms with E-state index in [1.807, 2.05) is 0 Å². The summed E-state index contributed by atoms with van der Waals surface area (Å²) in [6, 6.07) is 8.86.